The number of benzene rings is 1. The van der Waals surface area contributed by atoms with Crippen LogP contribution in [0.5, 0.6) is 0 Å². The number of nitrogens with one attached hydrogen (secondary N) is 1. The average molecular weight is 425 g/mol. The zero-order chi connectivity index (χ0) is 22.0. The Hall–Kier alpha value is -2.79. The molecule has 2 aliphatic heterocycles. The Kier molecular flexibility index (Phi) is 6.05. The molecule has 31 heavy (non-hydrogen) atoms. The number of nitriles is 1. The smallest absolute Gasteiger partial charge is 0.223 e. The van der Waals surface area contributed by atoms with Gasteiger partial charge in [0.25, 0.3) is 0 Å². The summed E-state index contributed by atoms with van der Waals surface area (Å²) >= 11 is 0. The van der Waals surface area contributed by atoms with Crippen LogP contribution in [0.2, 0.25) is 0 Å². The summed E-state index contributed by atoms with van der Waals surface area (Å²) in [5.74, 6) is 0.139. The van der Waals surface area contributed by atoms with E-state index in [2.05, 4.69) is 38.1 Å². The molecule has 1 aromatic carbocycles. The predicted octanol–water partition coefficient (Wildman–Crippen LogP) is 2.66. The number of nitrogens with zero attached hydrogens (tertiary/aromatic N) is 5. The molecule has 1 N–H and O–H groups in total. The summed E-state index contributed by atoms with van der Waals surface area (Å²) in [6.45, 7) is 4.96. The van der Waals surface area contributed by atoms with Crippen molar-refractivity contribution < 1.29 is 9.18 Å². The van der Waals surface area contributed by atoms with E-state index in [1.807, 2.05) is 13.1 Å². The number of hydrogen-bond donors (Lipinski definition) is 1. The summed E-state index contributed by atoms with van der Waals surface area (Å²) in [5, 5.41) is 12.5. The topological polar surface area (TPSA) is 85.2 Å². The Labute approximate surface area is 182 Å². The van der Waals surface area contributed by atoms with Crippen LogP contribution in [0.15, 0.2) is 24.5 Å². The summed E-state index contributed by atoms with van der Waals surface area (Å²) in [7, 11) is 1.98. The highest BCUT2D eigenvalue weighted by atomic mass is 19.1. The fraction of sp³-hybridized carbons (Fsp3) is 0.565. The number of amides is 1. The van der Waals surface area contributed by atoms with E-state index < -0.39 is 5.67 Å². The largest absolute Gasteiger partial charge is 0.367 e. The van der Waals surface area contributed by atoms with Crippen LogP contribution in [0.3, 0.4) is 0 Å². The van der Waals surface area contributed by atoms with E-state index in [0.29, 0.717) is 55.0 Å². The lowest BCUT2D eigenvalue weighted by molar-refractivity contribution is -0.125. The maximum absolute atomic E-state index is 15.1. The fourth-order valence-electron chi connectivity index (χ4n) is 4.80. The predicted molar refractivity (Wildman–Crippen MR) is 117 cm³/mol. The van der Waals surface area contributed by atoms with Crippen molar-refractivity contribution in [2.75, 3.05) is 38.1 Å². The highest BCUT2D eigenvalue weighted by Gasteiger charge is 2.37. The molecule has 2 fully saturated rings. The van der Waals surface area contributed by atoms with Crippen molar-refractivity contribution in [3.63, 3.8) is 0 Å². The number of halogens is 1. The van der Waals surface area contributed by atoms with Gasteiger partial charge in [0.2, 0.25) is 5.91 Å². The van der Waals surface area contributed by atoms with Crippen molar-refractivity contribution in [2.24, 2.45) is 5.92 Å². The van der Waals surface area contributed by atoms with Gasteiger partial charge in [-0.2, -0.15) is 5.26 Å². The molecule has 3 heterocycles. The van der Waals surface area contributed by atoms with Gasteiger partial charge in [-0.05, 0) is 44.4 Å². The van der Waals surface area contributed by atoms with E-state index in [1.165, 1.54) is 0 Å². The minimum absolute atomic E-state index is 0.0616. The molecular weight excluding hydrogens is 395 g/mol. The highest BCUT2D eigenvalue weighted by molar-refractivity contribution is 5.92. The summed E-state index contributed by atoms with van der Waals surface area (Å²) in [6, 6.07) is 5.78. The van der Waals surface area contributed by atoms with Crippen LogP contribution in [-0.4, -0.2) is 65.7 Å². The Balaban J connectivity index is 1.47. The molecule has 7 nitrogen and oxygen atoms in total. The first kappa shape index (κ1) is 21.4. The summed E-state index contributed by atoms with van der Waals surface area (Å²) in [5.41, 5.74) is 1.27. The standard InChI is InChI=1S/C23H29FN6O/c1-16-11-18(28-20(31)12-23(24)5-9-29(2)10-6-23)15-30(14-16)19-4-3-17(13-25)21-22(19)27-8-7-26-21/h3-4,7-8,16,18H,5-6,9-12,14-15H2,1-2H3,(H,28,31). The van der Waals surface area contributed by atoms with E-state index in [0.717, 1.165) is 18.7 Å². The Morgan fingerprint density at radius 2 is 1.97 bits per heavy atom. The minimum atomic E-state index is -1.41. The molecule has 2 aliphatic rings. The number of likely N-dealkylation sites (tertiary alicyclic amines) is 1. The Bertz CT molecular complexity index is 997. The molecule has 0 saturated carbocycles. The zero-order valence-corrected chi connectivity index (χ0v) is 18.1. The Morgan fingerprint density at radius 3 is 2.68 bits per heavy atom. The molecule has 1 amide bonds. The molecular formula is C23H29FN6O. The van der Waals surface area contributed by atoms with Crippen LogP contribution in [-0.2, 0) is 4.79 Å². The number of carbonyl (C=O) groups is 1. The number of rotatable bonds is 4. The van der Waals surface area contributed by atoms with E-state index in [1.54, 1.807) is 18.5 Å². The van der Waals surface area contributed by atoms with Gasteiger partial charge in [0, 0.05) is 44.6 Å². The van der Waals surface area contributed by atoms with Gasteiger partial charge in [0.1, 0.15) is 22.8 Å². The van der Waals surface area contributed by atoms with Gasteiger partial charge in [-0.25, -0.2) is 4.39 Å². The maximum atomic E-state index is 15.1. The van der Waals surface area contributed by atoms with E-state index in [9.17, 15) is 10.1 Å². The lowest BCUT2D eigenvalue weighted by Crippen LogP contribution is -2.52. The fourth-order valence-corrected chi connectivity index (χ4v) is 4.80. The first-order chi connectivity index (χ1) is 14.9. The normalized spacial score (nSPS) is 24.0. The molecule has 2 atom stereocenters. The van der Waals surface area contributed by atoms with Crippen LogP contribution in [0, 0.1) is 17.2 Å². The van der Waals surface area contributed by atoms with Crippen LogP contribution in [0.25, 0.3) is 11.0 Å². The highest BCUT2D eigenvalue weighted by Crippen LogP contribution is 2.31. The second kappa shape index (κ2) is 8.75. The van der Waals surface area contributed by atoms with Gasteiger partial charge < -0.3 is 15.1 Å². The van der Waals surface area contributed by atoms with E-state index >= 15 is 4.39 Å². The van der Waals surface area contributed by atoms with E-state index in [4.69, 9.17) is 0 Å². The van der Waals surface area contributed by atoms with Crippen LogP contribution in [0.1, 0.15) is 38.2 Å². The van der Waals surface area contributed by atoms with Gasteiger partial charge in [-0.15, -0.1) is 0 Å². The van der Waals surface area contributed by atoms with Crippen molar-refractivity contribution in [3.05, 3.63) is 30.1 Å². The van der Waals surface area contributed by atoms with Crippen molar-refractivity contribution in [3.8, 4) is 6.07 Å². The van der Waals surface area contributed by atoms with Crippen LogP contribution >= 0.6 is 0 Å². The molecule has 2 aromatic rings. The van der Waals surface area contributed by atoms with E-state index in [-0.39, 0.29) is 18.4 Å². The molecule has 2 saturated heterocycles. The first-order valence-electron chi connectivity index (χ1n) is 10.9. The number of hydrogen-bond acceptors (Lipinski definition) is 6. The van der Waals surface area contributed by atoms with Gasteiger partial charge in [-0.3, -0.25) is 14.8 Å². The number of carbonyl (C=O) groups excluding carboxylic acids is 1. The molecule has 4 rings (SSSR count). The lowest BCUT2D eigenvalue weighted by Gasteiger charge is -2.39. The second-order valence-corrected chi connectivity index (χ2v) is 9.14. The van der Waals surface area contributed by atoms with Gasteiger partial charge >= 0.3 is 0 Å². The third-order valence-corrected chi connectivity index (χ3v) is 6.45. The van der Waals surface area contributed by atoms with Gasteiger partial charge in [-0.1, -0.05) is 6.92 Å². The molecule has 8 heteroatoms. The molecule has 0 spiro atoms. The Morgan fingerprint density at radius 1 is 1.26 bits per heavy atom. The van der Waals surface area contributed by atoms with Crippen molar-refractivity contribution in [2.45, 2.75) is 44.3 Å². The second-order valence-electron chi connectivity index (χ2n) is 9.14. The SMILES string of the molecule is CC1CC(NC(=O)CC2(F)CCN(C)CC2)CN(c2ccc(C#N)c3nccnc23)C1. The van der Waals surface area contributed by atoms with Gasteiger partial charge in [0.15, 0.2) is 0 Å². The number of anilines is 1. The van der Waals surface area contributed by atoms with Crippen LogP contribution < -0.4 is 10.2 Å². The number of alkyl halides is 1. The average Bonchev–Trinajstić information content (AvgIpc) is 2.74. The summed E-state index contributed by atoms with van der Waals surface area (Å²) in [6.07, 6.45) is 4.80. The van der Waals surface area contributed by atoms with Gasteiger partial charge in [0.05, 0.1) is 17.7 Å². The molecule has 1 aromatic heterocycles. The number of aromatic nitrogens is 2. The van der Waals surface area contributed by atoms with Crippen molar-refractivity contribution in [1.29, 1.82) is 5.26 Å². The third-order valence-electron chi connectivity index (χ3n) is 6.45. The van der Waals surface area contributed by atoms with Crippen molar-refractivity contribution in [1.82, 2.24) is 20.2 Å². The number of piperidine rings is 2. The number of fused-ring (bicyclic) bond motifs is 1. The quantitative estimate of drug-likeness (QED) is 0.812. The monoisotopic (exact) mass is 424 g/mol. The molecule has 0 radical (unpaired) electrons. The third kappa shape index (κ3) is 4.77. The summed E-state index contributed by atoms with van der Waals surface area (Å²) < 4.78 is 15.1. The molecule has 2 unspecified atom stereocenters. The van der Waals surface area contributed by atoms with Crippen molar-refractivity contribution >= 4 is 22.6 Å². The summed E-state index contributed by atoms with van der Waals surface area (Å²) in [4.78, 5) is 25.8. The van der Waals surface area contributed by atoms with Crippen LogP contribution in [0.4, 0.5) is 10.1 Å². The molecule has 164 valence electrons. The molecule has 0 aliphatic carbocycles. The lowest BCUT2D eigenvalue weighted by atomic mass is 9.89. The first-order valence-corrected chi connectivity index (χ1v) is 10.9. The molecule has 0 bridgehead atoms. The zero-order valence-electron chi connectivity index (χ0n) is 18.1. The minimum Gasteiger partial charge on any atom is -0.367 e. The maximum Gasteiger partial charge on any atom is 0.223 e.